The van der Waals surface area contributed by atoms with Crippen LogP contribution in [0.25, 0.3) is 10.6 Å². The van der Waals surface area contributed by atoms with E-state index in [-0.39, 0.29) is 42.8 Å². The first-order valence-electron chi connectivity index (χ1n) is 8.15. The third-order valence-corrected chi connectivity index (χ3v) is 5.40. The molecule has 0 radical (unpaired) electrons. The molecule has 1 fully saturated rings. The van der Waals surface area contributed by atoms with Crippen molar-refractivity contribution in [2.45, 2.75) is 45.2 Å². The molecule has 2 N–H and O–H groups in total. The van der Waals surface area contributed by atoms with Gasteiger partial charge in [0.15, 0.2) is 0 Å². The Labute approximate surface area is 165 Å². The smallest absolute Gasteiger partial charge is 0.254 e. The normalized spacial score (nSPS) is 18.0. The number of amides is 1. The van der Waals surface area contributed by atoms with E-state index in [1.807, 2.05) is 48.4 Å². The zero-order valence-electron chi connectivity index (χ0n) is 14.5. The lowest BCUT2D eigenvalue weighted by atomic mass is 9.96. The summed E-state index contributed by atoms with van der Waals surface area (Å²) in [6, 6.07) is 7.93. The number of aromatic nitrogens is 1. The van der Waals surface area contributed by atoms with E-state index < -0.39 is 0 Å². The van der Waals surface area contributed by atoms with Crippen LogP contribution in [0.5, 0.6) is 0 Å². The molecule has 0 aliphatic carbocycles. The van der Waals surface area contributed by atoms with Crippen molar-refractivity contribution in [3.63, 3.8) is 0 Å². The number of carbonyl (C=O) groups excluding carboxylic acids is 1. The van der Waals surface area contributed by atoms with Crippen LogP contribution in [0.2, 0.25) is 0 Å². The Morgan fingerprint density at radius 3 is 2.76 bits per heavy atom. The van der Waals surface area contributed by atoms with E-state index in [4.69, 9.17) is 5.73 Å². The summed E-state index contributed by atoms with van der Waals surface area (Å²) in [5.41, 5.74) is 8.83. The topological polar surface area (TPSA) is 59.2 Å². The highest BCUT2D eigenvalue weighted by Gasteiger charge is 2.29. The molecule has 1 aliphatic rings. The first kappa shape index (κ1) is 21.9. The lowest BCUT2D eigenvalue weighted by Gasteiger charge is -2.38. The largest absolute Gasteiger partial charge is 0.334 e. The highest BCUT2D eigenvalue weighted by atomic mass is 35.5. The van der Waals surface area contributed by atoms with Crippen LogP contribution in [-0.4, -0.2) is 34.4 Å². The van der Waals surface area contributed by atoms with Gasteiger partial charge in [-0.05, 0) is 45.2 Å². The molecular weight excluding hydrogens is 377 g/mol. The minimum Gasteiger partial charge on any atom is -0.334 e. The number of thiazole rings is 1. The molecule has 0 saturated carbocycles. The van der Waals surface area contributed by atoms with Gasteiger partial charge in [-0.3, -0.25) is 4.79 Å². The Bertz CT molecular complexity index is 705. The minimum atomic E-state index is 0. The van der Waals surface area contributed by atoms with Gasteiger partial charge in [0, 0.05) is 40.8 Å². The molecule has 0 spiro atoms. The molecule has 2 unspecified atom stereocenters. The van der Waals surface area contributed by atoms with Gasteiger partial charge in [0.05, 0.1) is 0 Å². The number of halogens is 2. The number of carbonyl (C=O) groups is 1. The Balaban J connectivity index is 0.00000156. The fourth-order valence-electron chi connectivity index (χ4n) is 3.19. The van der Waals surface area contributed by atoms with Crippen molar-refractivity contribution >= 4 is 42.1 Å². The van der Waals surface area contributed by atoms with Crippen molar-refractivity contribution in [3.8, 4) is 10.6 Å². The second-order valence-electron chi connectivity index (χ2n) is 6.30. The second kappa shape index (κ2) is 9.53. The molecule has 1 aromatic heterocycles. The van der Waals surface area contributed by atoms with Gasteiger partial charge in [-0.1, -0.05) is 12.1 Å². The summed E-state index contributed by atoms with van der Waals surface area (Å²) in [6.07, 6.45) is 3.20. The quantitative estimate of drug-likeness (QED) is 0.833. The number of hydrogen-bond donors (Lipinski definition) is 1. The van der Waals surface area contributed by atoms with Gasteiger partial charge < -0.3 is 10.6 Å². The summed E-state index contributed by atoms with van der Waals surface area (Å²) < 4.78 is 0. The fraction of sp³-hybridized carbons (Fsp3) is 0.444. The Kier molecular flexibility index (Phi) is 8.35. The summed E-state index contributed by atoms with van der Waals surface area (Å²) in [4.78, 5) is 19.4. The average Bonchev–Trinajstić information content (AvgIpc) is 3.01. The van der Waals surface area contributed by atoms with Gasteiger partial charge in [-0.2, -0.15) is 0 Å². The molecule has 1 saturated heterocycles. The SMILES string of the molecule is Cc1csc(-c2cccc(C(=O)N3CCCCC3C(C)N)c2)n1.Cl.Cl. The van der Waals surface area contributed by atoms with E-state index in [1.54, 1.807) is 11.3 Å². The van der Waals surface area contributed by atoms with Crippen LogP contribution < -0.4 is 5.73 Å². The summed E-state index contributed by atoms with van der Waals surface area (Å²) in [5.74, 6) is 0.0853. The molecule has 4 nitrogen and oxygen atoms in total. The average molecular weight is 402 g/mol. The minimum absolute atomic E-state index is 0. The molecule has 2 aromatic rings. The first-order chi connectivity index (χ1) is 11.1. The summed E-state index contributed by atoms with van der Waals surface area (Å²) in [7, 11) is 0. The summed E-state index contributed by atoms with van der Waals surface area (Å²) in [6.45, 7) is 4.77. The molecule has 138 valence electrons. The third kappa shape index (κ3) is 4.94. The van der Waals surface area contributed by atoms with E-state index in [0.717, 1.165) is 47.6 Å². The number of nitrogens with two attached hydrogens (primary N) is 1. The number of rotatable bonds is 3. The highest BCUT2D eigenvalue weighted by molar-refractivity contribution is 7.13. The maximum Gasteiger partial charge on any atom is 0.254 e. The molecule has 25 heavy (non-hydrogen) atoms. The fourth-order valence-corrected chi connectivity index (χ4v) is 3.99. The standard InChI is InChI=1S/C18H23N3OS.2ClH/c1-12-11-23-17(20-12)14-6-5-7-15(10-14)18(22)21-9-4-3-8-16(21)13(2)19;;/h5-7,10-11,13,16H,3-4,8-9,19H2,1-2H3;2*1H. The van der Waals surface area contributed by atoms with Crippen LogP contribution in [0.15, 0.2) is 29.6 Å². The molecular formula is C18H25Cl2N3OS. The molecule has 0 bridgehead atoms. The summed E-state index contributed by atoms with van der Waals surface area (Å²) in [5, 5.41) is 2.99. The Hall–Kier alpha value is -1.14. The predicted octanol–water partition coefficient (Wildman–Crippen LogP) is 4.30. The molecule has 1 amide bonds. The monoisotopic (exact) mass is 401 g/mol. The highest BCUT2D eigenvalue weighted by Crippen LogP contribution is 2.26. The lowest BCUT2D eigenvalue weighted by molar-refractivity contribution is 0.0584. The number of aryl methyl sites for hydroxylation is 1. The molecule has 2 heterocycles. The van der Waals surface area contributed by atoms with Crippen LogP contribution in [0.3, 0.4) is 0 Å². The molecule has 3 rings (SSSR count). The van der Waals surface area contributed by atoms with Crippen molar-refractivity contribution in [2.75, 3.05) is 6.54 Å². The van der Waals surface area contributed by atoms with E-state index in [2.05, 4.69) is 4.98 Å². The van der Waals surface area contributed by atoms with Crippen molar-refractivity contribution in [3.05, 3.63) is 40.9 Å². The van der Waals surface area contributed by atoms with Gasteiger partial charge in [0.1, 0.15) is 5.01 Å². The number of piperidine rings is 1. The Morgan fingerprint density at radius 1 is 1.36 bits per heavy atom. The van der Waals surface area contributed by atoms with Gasteiger partial charge in [-0.15, -0.1) is 36.2 Å². The van der Waals surface area contributed by atoms with Crippen LogP contribution in [0.1, 0.15) is 42.2 Å². The van der Waals surface area contributed by atoms with Crippen molar-refractivity contribution < 1.29 is 4.79 Å². The third-order valence-electron chi connectivity index (χ3n) is 4.39. The van der Waals surface area contributed by atoms with Crippen molar-refractivity contribution in [1.29, 1.82) is 0 Å². The van der Waals surface area contributed by atoms with E-state index in [1.165, 1.54) is 0 Å². The number of hydrogen-bond acceptors (Lipinski definition) is 4. The van der Waals surface area contributed by atoms with Gasteiger partial charge in [0.2, 0.25) is 0 Å². The molecule has 1 aromatic carbocycles. The zero-order chi connectivity index (χ0) is 16.4. The maximum absolute atomic E-state index is 13.0. The second-order valence-corrected chi connectivity index (χ2v) is 7.15. The van der Waals surface area contributed by atoms with E-state index in [0.29, 0.717) is 0 Å². The van der Waals surface area contributed by atoms with Crippen LogP contribution in [-0.2, 0) is 0 Å². The van der Waals surface area contributed by atoms with Crippen molar-refractivity contribution in [2.24, 2.45) is 5.73 Å². The van der Waals surface area contributed by atoms with Crippen LogP contribution >= 0.6 is 36.2 Å². The Morgan fingerprint density at radius 2 is 2.12 bits per heavy atom. The van der Waals surface area contributed by atoms with Crippen molar-refractivity contribution in [1.82, 2.24) is 9.88 Å². The van der Waals surface area contributed by atoms with Gasteiger partial charge in [-0.25, -0.2) is 4.98 Å². The summed E-state index contributed by atoms with van der Waals surface area (Å²) >= 11 is 1.61. The first-order valence-corrected chi connectivity index (χ1v) is 9.03. The lowest BCUT2D eigenvalue weighted by Crippen LogP contribution is -2.51. The predicted molar refractivity (Wildman–Crippen MR) is 109 cm³/mol. The van der Waals surface area contributed by atoms with Crippen LogP contribution in [0, 0.1) is 6.92 Å². The van der Waals surface area contributed by atoms with Gasteiger partial charge in [0.25, 0.3) is 5.91 Å². The molecule has 2 atom stereocenters. The zero-order valence-corrected chi connectivity index (χ0v) is 16.9. The van der Waals surface area contributed by atoms with Gasteiger partial charge >= 0.3 is 0 Å². The number of likely N-dealkylation sites (tertiary alicyclic amines) is 1. The molecule has 1 aliphatic heterocycles. The van der Waals surface area contributed by atoms with Crippen LogP contribution in [0.4, 0.5) is 0 Å². The van der Waals surface area contributed by atoms with E-state index in [9.17, 15) is 4.79 Å². The maximum atomic E-state index is 13.0. The number of benzene rings is 1. The van der Waals surface area contributed by atoms with E-state index >= 15 is 0 Å². The molecule has 7 heteroatoms. The number of nitrogens with zero attached hydrogens (tertiary/aromatic N) is 2.